The van der Waals surface area contributed by atoms with Crippen LogP contribution in [0.5, 0.6) is 0 Å². The molecule has 1 N–H and O–H groups in total. The minimum atomic E-state index is -0.605. The number of rotatable bonds is 4. The predicted molar refractivity (Wildman–Crippen MR) is 59.3 cm³/mol. The number of aliphatic hydroxyl groups excluding tert-OH is 1. The third kappa shape index (κ3) is 2.68. The number of aromatic nitrogens is 2. The zero-order chi connectivity index (χ0) is 12.3. The van der Waals surface area contributed by atoms with E-state index in [-0.39, 0.29) is 6.61 Å². The van der Waals surface area contributed by atoms with Gasteiger partial charge >= 0.3 is 0 Å². The summed E-state index contributed by atoms with van der Waals surface area (Å²) in [5.74, 6) is -1.20. The van der Waals surface area contributed by atoms with Gasteiger partial charge in [-0.3, -0.25) is 4.68 Å². The molecule has 17 heavy (non-hydrogen) atoms. The third-order valence-electron chi connectivity index (χ3n) is 2.42. The highest BCUT2D eigenvalue weighted by molar-refractivity contribution is 5.62. The molecule has 0 amide bonds. The van der Waals surface area contributed by atoms with E-state index in [1.54, 1.807) is 10.9 Å². The lowest BCUT2D eigenvalue weighted by Crippen LogP contribution is -1.99. The molecule has 2 rings (SSSR count). The van der Waals surface area contributed by atoms with Crippen molar-refractivity contribution in [3.63, 3.8) is 0 Å². The van der Waals surface area contributed by atoms with Crippen molar-refractivity contribution in [2.24, 2.45) is 0 Å². The second-order valence-electron chi connectivity index (χ2n) is 3.69. The highest BCUT2D eigenvalue weighted by Crippen LogP contribution is 2.22. The van der Waals surface area contributed by atoms with Crippen molar-refractivity contribution in [2.75, 3.05) is 6.61 Å². The number of aliphatic hydroxyl groups is 1. The number of hydrogen-bond acceptors (Lipinski definition) is 2. The van der Waals surface area contributed by atoms with Gasteiger partial charge in [0.2, 0.25) is 0 Å². The molecule has 1 aromatic heterocycles. The van der Waals surface area contributed by atoms with Crippen LogP contribution in [0.1, 0.15) is 6.42 Å². The van der Waals surface area contributed by atoms with Crippen LogP contribution in [0.4, 0.5) is 8.78 Å². The Bertz CT molecular complexity index is 511. The fourth-order valence-corrected chi connectivity index (χ4v) is 1.58. The zero-order valence-electron chi connectivity index (χ0n) is 9.11. The fraction of sp³-hybridized carbons (Fsp3) is 0.250. The van der Waals surface area contributed by atoms with Gasteiger partial charge in [-0.15, -0.1) is 0 Å². The van der Waals surface area contributed by atoms with Crippen molar-refractivity contribution in [1.29, 1.82) is 0 Å². The number of nitrogens with zero attached hydrogens (tertiary/aromatic N) is 2. The van der Waals surface area contributed by atoms with Crippen LogP contribution in [0, 0.1) is 11.6 Å². The molecule has 3 nitrogen and oxygen atoms in total. The van der Waals surface area contributed by atoms with Crippen molar-refractivity contribution in [2.45, 2.75) is 13.0 Å². The third-order valence-corrected chi connectivity index (χ3v) is 2.42. The first-order chi connectivity index (χ1) is 8.20. The van der Waals surface area contributed by atoms with E-state index >= 15 is 0 Å². The van der Waals surface area contributed by atoms with Crippen molar-refractivity contribution in [3.8, 4) is 11.1 Å². The summed E-state index contributed by atoms with van der Waals surface area (Å²) in [5, 5.41) is 12.7. The quantitative estimate of drug-likeness (QED) is 0.886. The molecule has 0 fully saturated rings. The molecule has 0 radical (unpaired) electrons. The Labute approximate surface area is 97.3 Å². The van der Waals surface area contributed by atoms with Crippen LogP contribution in [0.2, 0.25) is 0 Å². The van der Waals surface area contributed by atoms with E-state index < -0.39 is 11.6 Å². The molecule has 0 saturated heterocycles. The van der Waals surface area contributed by atoms with E-state index in [0.29, 0.717) is 24.1 Å². The van der Waals surface area contributed by atoms with Gasteiger partial charge in [-0.25, -0.2) is 8.78 Å². The van der Waals surface area contributed by atoms with E-state index in [1.165, 1.54) is 18.3 Å². The molecular formula is C12H12F2N2O. The Kier molecular flexibility index (Phi) is 3.49. The zero-order valence-corrected chi connectivity index (χ0v) is 9.11. The van der Waals surface area contributed by atoms with Gasteiger partial charge in [0.05, 0.1) is 6.20 Å². The molecule has 0 atom stereocenters. The van der Waals surface area contributed by atoms with Gasteiger partial charge in [0, 0.05) is 36.5 Å². The van der Waals surface area contributed by atoms with Gasteiger partial charge < -0.3 is 5.11 Å². The maximum Gasteiger partial charge on any atom is 0.134 e. The van der Waals surface area contributed by atoms with Crippen LogP contribution in [0.3, 0.4) is 0 Å². The summed E-state index contributed by atoms with van der Waals surface area (Å²) in [6.45, 7) is 0.652. The van der Waals surface area contributed by atoms with Crippen molar-refractivity contribution in [3.05, 3.63) is 42.2 Å². The largest absolute Gasteiger partial charge is 0.396 e. The van der Waals surface area contributed by atoms with Crippen LogP contribution in [-0.2, 0) is 6.54 Å². The maximum absolute atomic E-state index is 13.5. The highest BCUT2D eigenvalue weighted by atomic mass is 19.1. The Hall–Kier alpha value is -1.75. The van der Waals surface area contributed by atoms with Gasteiger partial charge in [-0.05, 0) is 18.6 Å². The molecule has 0 bridgehead atoms. The number of halogens is 2. The van der Waals surface area contributed by atoms with E-state index in [1.807, 2.05) is 0 Å². The first-order valence-electron chi connectivity index (χ1n) is 5.29. The molecule has 2 aromatic rings. The number of aryl methyl sites for hydroxylation is 1. The lowest BCUT2D eigenvalue weighted by molar-refractivity contribution is 0.277. The van der Waals surface area contributed by atoms with Crippen LogP contribution in [0.25, 0.3) is 11.1 Å². The second kappa shape index (κ2) is 5.05. The summed E-state index contributed by atoms with van der Waals surface area (Å²) >= 11 is 0. The molecule has 0 aliphatic heterocycles. The van der Waals surface area contributed by atoms with Crippen LogP contribution in [-0.4, -0.2) is 21.5 Å². The normalized spacial score (nSPS) is 10.8. The Morgan fingerprint density at radius 1 is 1.29 bits per heavy atom. The molecule has 0 aliphatic rings. The fourth-order valence-electron chi connectivity index (χ4n) is 1.58. The average molecular weight is 238 g/mol. The first kappa shape index (κ1) is 11.7. The predicted octanol–water partition coefficient (Wildman–Crippen LogP) is 2.21. The standard InChI is InChI=1S/C12H12F2N2O/c13-10-2-3-11(12(14)6-10)9-7-15-16(8-9)4-1-5-17/h2-3,6-8,17H,1,4-5H2. The lowest BCUT2D eigenvalue weighted by atomic mass is 10.1. The lowest BCUT2D eigenvalue weighted by Gasteiger charge is -2.00. The SMILES string of the molecule is OCCCn1cc(-c2ccc(F)cc2F)cn1. The van der Waals surface area contributed by atoms with Gasteiger partial charge in [-0.2, -0.15) is 5.10 Å². The number of hydrogen-bond donors (Lipinski definition) is 1. The average Bonchev–Trinajstić information content (AvgIpc) is 2.75. The molecule has 90 valence electrons. The van der Waals surface area contributed by atoms with Gasteiger partial charge in [0.15, 0.2) is 0 Å². The van der Waals surface area contributed by atoms with Crippen molar-refractivity contribution >= 4 is 0 Å². The van der Waals surface area contributed by atoms with E-state index in [2.05, 4.69) is 5.10 Å². The molecule has 1 aromatic carbocycles. The summed E-state index contributed by atoms with van der Waals surface area (Å²) in [6.07, 6.45) is 3.78. The summed E-state index contributed by atoms with van der Waals surface area (Å²) in [4.78, 5) is 0. The molecule has 0 saturated carbocycles. The van der Waals surface area contributed by atoms with Crippen molar-refractivity contribution in [1.82, 2.24) is 9.78 Å². The molecule has 1 heterocycles. The van der Waals surface area contributed by atoms with Crippen LogP contribution in [0.15, 0.2) is 30.6 Å². The Morgan fingerprint density at radius 3 is 2.82 bits per heavy atom. The molecule has 5 heteroatoms. The summed E-state index contributed by atoms with van der Waals surface area (Å²) in [7, 11) is 0. The molecule has 0 aliphatic carbocycles. The monoisotopic (exact) mass is 238 g/mol. The molecule has 0 unspecified atom stereocenters. The minimum Gasteiger partial charge on any atom is -0.396 e. The first-order valence-corrected chi connectivity index (χ1v) is 5.29. The summed E-state index contributed by atoms with van der Waals surface area (Å²) < 4.78 is 27.8. The maximum atomic E-state index is 13.5. The topological polar surface area (TPSA) is 38.0 Å². The molecule has 0 spiro atoms. The van der Waals surface area contributed by atoms with Crippen LogP contribution < -0.4 is 0 Å². The van der Waals surface area contributed by atoms with Crippen LogP contribution >= 0.6 is 0 Å². The van der Waals surface area contributed by atoms with E-state index in [0.717, 1.165) is 6.07 Å². The Morgan fingerprint density at radius 2 is 2.12 bits per heavy atom. The second-order valence-corrected chi connectivity index (χ2v) is 3.69. The Balaban J connectivity index is 2.24. The van der Waals surface area contributed by atoms with Gasteiger partial charge in [0.1, 0.15) is 11.6 Å². The van der Waals surface area contributed by atoms with E-state index in [9.17, 15) is 8.78 Å². The number of benzene rings is 1. The van der Waals surface area contributed by atoms with Gasteiger partial charge in [0.25, 0.3) is 0 Å². The molecular weight excluding hydrogens is 226 g/mol. The highest BCUT2D eigenvalue weighted by Gasteiger charge is 2.08. The van der Waals surface area contributed by atoms with Gasteiger partial charge in [-0.1, -0.05) is 0 Å². The summed E-state index contributed by atoms with van der Waals surface area (Å²) in [5.41, 5.74) is 0.919. The smallest absolute Gasteiger partial charge is 0.134 e. The minimum absolute atomic E-state index is 0.0834. The summed E-state index contributed by atoms with van der Waals surface area (Å²) in [6, 6.07) is 3.45. The van der Waals surface area contributed by atoms with Crippen molar-refractivity contribution < 1.29 is 13.9 Å². The van der Waals surface area contributed by atoms with E-state index in [4.69, 9.17) is 5.11 Å².